The maximum Gasteiger partial charge on any atom is 0.306 e. The van der Waals surface area contributed by atoms with Crippen LogP contribution in [0.5, 0.6) is 0 Å². The number of hydrogen-bond donors (Lipinski definition) is 7. The van der Waals surface area contributed by atoms with Crippen molar-refractivity contribution in [1.82, 2.24) is 0 Å². The van der Waals surface area contributed by atoms with Crippen LogP contribution in [0.1, 0.15) is 206 Å². The average molecular weight is 973 g/mol. The van der Waals surface area contributed by atoms with Gasteiger partial charge in [-0.05, 0) is 64.2 Å². The summed E-state index contributed by atoms with van der Waals surface area (Å²) in [5, 5.41) is 72.1. The van der Waals surface area contributed by atoms with Crippen LogP contribution in [-0.4, -0.2) is 142 Å². The highest BCUT2D eigenvalue weighted by Gasteiger charge is 2.47. The molecule has 68 heavy (non-hydrogen) atoms. The molecule has 0 saturated carbocycles. The smallest absolute Gasteiger partial charge is 0.306 e. The second kappa shape index (κ2) is 40.6. The Labute approximate surface area is 409 Å². The molecule has 398 valence electrons. The highest BCUT2D eigenvalue weighted by atomic mass is 16.7. The molecule has 0 radical (unpaired) electrons. The minimum Gasteiger partial charge on any atom is -0.462 e. The van der Waals surface area contributed by atoms with Crippen molar-refractivity contribution >= 4 is 11.9 Å². The van der Waals surface area contributed by atoms with E-state index in [1.54, 1.807) is 0 Å². The number of aliphatic hydroxyl groups is 7. The molecule has 11 atom stereocenters. The van der Waals surface area contributed by atoms with Crippen LogP contribution in [0.4, 0.5) is 0 Å². The van der Waals surface area contributed by atoms with Gasteiger partial charge in [-0.1, -0.05) is 154 Å². The summed E-state index contributed by atoms with van der Waals surface area (Å²) in [5.74, 6) is -0.931. The molecule has 2 aliphatic rings. The molecule has 2 aliphatic heterocycles. The van der Waals surface area contributed by atoms with Gasteiger partial charge in [0, 0.05) is 12.8 Å². The summed E-state index contributed by atoms with van der Waals surface area (Å²) in [6.45, 7) is 2.58. The molecule has 4 unspecified atom stereocenters. The van der Waals surface area contributed by atoms with Crippen LogP contribution >= 0.6 is 0 Å². The fraction of sp³-hybridized carbons (Fsp3) is 0.887. The van der Waals surface area contributed by atoms with E-state index in [0.29, 0.717) is 12.8 Å². The van der Waals surface area contributed by atoms with Gasteiger partial charge in [0.05, 0.1) is 19.8 Å². The van der Waals surface area contributed by atoms with Crippen LogP contribution in [0.2, 0.25) is 0 Å². The first-order chi connectivity index (χ1) is 33.0. The molecule has 0 aromatic carbocycles. The van der Waals surface area contributed by atoms with Crippen molar-refractivity contribution in [3.8, 4) is 0 Å². The Hall–Kier alpha value is -2.02. The van der Waals surface area contributed by atoms with Crippen LogP contribution in [0.15, 0.2) is 24.3 Å². The van der Waals surface area contributed by atoms with Crippen molar-refractivity contribution in [3.05, 3.63) is 24.3 Å². The number of esters is 2. The lowest BCUT2D eigenvalue weighted by Crippen LogP contribution is -2.61. The van der Waals surface area contributed by atoms with Crippen LogP contribution in [0.25, 0.3) is 0 Å². The van der Waals surface area contributed by atoms with E-state index < -0.39 is 92.7 Å². The summed E-state index contributed by atoms with van der Waals surface area (Å²) in [5.41, 5.74) is 0. The lowest BCUT2D eigenvalue weighted by molar-refractivity contribution is -0.332. The molecular weight excluding hydrogens is 877 g/mol. The first kappa shape index (κ1) is 62.1. The number of rotatable bonds is 42. The Balaban J connectivity index is 1.79. The van der Waals surface area contributed by atoms with Gasteiger partial charge < -0.3 is 64.2 Å². The van der Waals surface area contributed by atoms with Crippen molar-refractivity contribution in [2.24, 2.45) is 0 Å². The molecule has 7 N–H and O–H groups in total. The summed E-state index contributed by atoms with van der Waals surface area (Å²) in [4.78, 5) is 25.8. The first-order valence-corrected chi connectivity index (χ1v) is 26.9. The number of carbonyl (C=O) groups excluding carboxylic acids is 2. The van der Waals surface area contributed by atoms with Gasteiger partial charge in [0.2, 0.25) is 0 Å². The fourth-order valence-electron chi connectivity index (χ4n) is 8.44. The summed E-state index contributed by atoms with van der Waals surface area (Å²) < 4.78 is 33.6. The fourth-order valence-corrected chi connectivity index (χ4v) is 8.44. The molecule has 15 nitrogen and oxygen atoms in total. The Bertz CT molecular complexity index is 1280. The maximum atomic E-state index is 13.0. The van der Waals surface area contributed by atoms with Gasteiger partial charge in [0.1, 0.15) is 55.4 Å². The molecule has 15 heteroatoms. The van der Waals surface area contributed by atoms with E-state index in [-0.39, 0.29) is 26.1 Å². The van der Waals surface area contributed by atoms with Crippen LogP contribution in [0.3, 0.4) is 0 Å². The zero-order valence-electron chi connectivity index (χ0n) is 42.1. The van der Waals surface area contributed by atoms with Crippen LogP contribution in [0, 0.1) is 0 Å². The van der Waals surface area contributed by atoms with Crippen molar-refractivity contribution in [2.45, 2.75) is 274 Å². The Morgan fingerprint density at radius 1 is 0.456 bits per heavy atom. The lowest BCUT2D eigenvalue weighted by atomic mass is 9.98. The Kier molecular flexibility index (Phi) is 37.0. The predicted molar refractivity (Wildman–Crippen MR) is 261 cm³/mol. The van der Waals surface area contributed by atoms with E-state index in [2.05, 4.69) is 38.2 Å². The monoisotopic (exact) mass is 973 g/mol. The summed E-state index contributed by atoms with van der Waals surface area (Å²) in [7, 11) is 0. The largest absolute Gasteiger partial charge is 0.462 e. The summed E-state index contributed by atoms with van der Waals surface area (Å²) in [6.07, 6.45) is 24.8. The Morgan fingerprint density at radius 2 is 0.838 bits per heavy atom. The number of aliphatic hydroxyl groups excluding tert-OH is 7. The zero-order chi connectivity index (χ0) is 49.6. The molecule has 0 aromatic rings. The van der Waals surface area contributed by atoms with Crippen molar-refractivity contribution in [2.75, 3.05) is 26.4 Å². The van der Waals surface area contributed by atoms with E-state index in [1.807, 2.05) is 0 Å². The molecule has 2 rings (SSSR count). The molecule has 0 bridgehead atoms. The van der Waals surface area contributed by atoms with Gasteiger partial charge in [0.15, 0.2) is 18.7 Å². The van der Waals surface area contributed by atoms with Crippen molar-refractivity contribution < 1.29 is 73.8 Å². The topological polar surface area (TPSA) is 231 Å². The highest BCUT2D eigenvalue weighted by molar-refractivity contribution is 5.70. The molecule has 0 spiro atoms. The van der Waals surface area contributed by atoms with Gasteiger partial charge in [-0.15, -0.1) is 0 Å². The van der Waals surface area contributed by atoms with Crippen molar-refractivity contribution in [3.63, 3.8) is 0 Å². The number of unbranched alkanes of at least 4 members (excludes halogenated alkanes) is 24. The molecule has 2 saturated heterocycles. The van der Waals surface area contributed by atoms with E-state index >= 15 is 0 Å². The van der Waals surface area contributed by atoms with Gasteiger partial charge in [0.25, 0.3) is 0 Å². The quantitative estimate of drug-likeness (QED) is 0.0175. The second-order valence-electron chi connectivity index (χ2n) is 19.0. The third-order valence-electron chi connectivity index (χ3n) is 12.9. The SMILES string of the molecule is CCCCCC/C=C/CCCCCCCCCCCC(=O)OC[C@@H](CO[C@@H]1O[C@H](CO[C@@H]2O[C@H](CO)[C@H](O)C(O)C2O)[C@H](O)C(O)C1O)OC(=O)CCCCCCC/C=C/CCCCCCCC. The highest BCUT2D eigenvalue weighted by Crippen LogP contribution is 2.26. The maximum absolute atomic E-state index is 13.0. The van der Waals surface area contributed by atoms with Crippen LogP contribution in [-0.2, 0) is 38.0 Å². The van der Waals surface area contributed by atoms with Gasteiger partial charge in [-0.3, -0.25) is 9.59 Å². The third kappa shape index (κ3) is 28.1. The van der Waals surface area contributed by atoms with Crippen molar-refractivity contribution in [1.29, 1.82) is 0 Å². The molecular formula is C53H96O15. The third-order valence-corrected chi connectivity index (χ3v) is 12.9. The van der Waals surface area contributed by atoms with E-state index in [0.717, 1.165) is 57.8 Å². The Morgan fingerprint density at radius 3 is 1.31 bits per heavy atom. The van der Waals surface area contributed by atoms with E-state index in [4.69, 9.17) is 28.4 Å². The van der Waals surface area contributed by atoms with Gasteiger partial charge in [-0.2, -0.15) is 0 Å². The predicted octanol–water partition coefficient (Wildman–Crippen LogP) is 7.94. The standard InChI is InChI=1S/C53H96O15/c1-3-5-7-9-11-13-15-17-19-20-22-23-25-27-29-31-33-35-44(55)63-38-41(66-45(56)36-34-32-30-28-26-24-21-18-16-14-12-10-8-6-4-2)39-64-52-51(62)49(60)47(58)43(68-52)40-65-53-50(61)48(59)46(57)42(37-54)67-53/h13,15,18,21,41-43,46-54,57-62H,3-12,14,16-17,19-20,22-40H2,1-2H3/b15-13+,21-18+/t41-,42+,43+,46-,47-,48?,49?,50?,51?,52+,53+/m0/s1. The van der Waals surface area contributed by atoms with Gasteiger partial charge >= 0.3 is 11.9 Å². The second-order valence-corrected chi connectivity index (χ2v) is 19.0. The van der Waals surface area contributed by atoms with Crippen LogP contribution < -0.4 is 0 Å². The molecule has 0 aliphatic carbocycles. The molecule has 2 fully saturated rings. The molecule has 2 heterocycles. The number of hydrogen-bond acceptors (Lipinski definition) is 15. The van der Waals surface area contributed by atoms with E-state index in [9.17, 15) is 45.3 Å². The molecule has 0 amide bonds. The lowest BCUT2D eigenvalue weighted by Gasteiger charge is -2.42. The summed E-state index contributed by atoms with van der Waals surface area (Å²) in [6, 6.07) is 0. The minimum atomic E-state index is -1.76. The molecule has 0 aromatic heterocycles. The average Bonchev–Trinajstić information content (AvgIpc) is 3.33. The minimum absolute atomic E-state index is 0.157. The normalized spacial score (nSPS) is 25.9. The number of carbonyl (C=O) groups is 2. The zero-order valence-corrected chi connectivity index (χ0v) is 42.1. The number of ether oxygens (including phenoxy) is 6. The summed E-state index contributed by atoms with van der Waals surface area (Å²) >= 11 is 0. The van der Waals surface area contributed by atoms with Gasteiger partial charge in [-0.25, -0.2) is 0 Å². The van der Waals surface area contributed by atoms with E-state index in [1.165, 1.54) is 109 Å². The number of allylic oxidation sites excluding steroid dienone is 4. The first-order valence-electron chi connectivity index (χ1n) is 26.9.